The molecule has 0 saturated carbocycles. The number of rotatable bonds is 4. The van der Waals surface area contributed by atoms with Crippen LogP contribution in [0.15, 0.2) is 48.9 Å². The van der Waals surface area contributed by atoms with Gasteiger partial charge in [-0.15, -0.1) is 24.8 Å². The molecule has 0 unspecified atom stereocenters. The predicted octanol–water partition coefficient (Wildman–Crippen LogP) is 4.18. The molecule has 1 N–H and O–H groups in total. The second-order valence-electron chi connectivity index (χ2n) is 4.31. The highest BCUT2D eigenvalue weighted by molar-refractivity contribution is 6.30. The number of methoxy groups -OCH3 is 1. The molecule has 0 fully saturated rings. The normalized spacial score (nSPS) is 9.42. The Morgan fingerprint density at radius 3 is 2.46 bits per heavy atom. The van der Waals surface area contributed by atoms with Gasteiger partial charge in [-0.3, -0.25) is 4.98 Å². The van der Waals surface area contributed by atoms with Crippen molar-refractivity contribution in [3.63, 3.8) is 0 Å². The molecule has 0 aliphatic rings. The van der Waals surface area contributed by atoms with Crippen molar-refractivity contribution in [1.82, 2.24) is 19.9 Å². The molecule has 0 saturated heterocycles. The summed E-state index contributed by atoms with van der Waals surface area (Å²) in [6, 6.07) is 9.05. The molecule has 0 aromatic carbocycles. The van der Waals surface area contributed by atoms with Gasteiger partial charge in [-0.05, 0) is 24.3 Å². The van der Waals surface area contributed by atoms with Crippen LogP contribution in [0.25, 0.3) is 11.5 Å². The Hall–Kier alpha value is -2.15. The van der Waals surface area contributed by atoms with Crippen LogP contribution in [0.4, 0.5) is 11.6 Å². The highest BCUT2D eigenvalue weighted by Gasteiger charge is 2.10. The average Bonchev–Trinajstić information content (AvgIpc) is 2.58. The lowest BCUT2D eigenvalue weighted by molar-refractivity contribution is 0.413. The van der Waals surface area contributed by atoms with E-state index in [4.69, 9.17) is 16.3 Å². The largest absolute Gasteiger partial charge is 0.491 e. The Labute approximate surface area is 156 Å². The molecule has 3 aromatic heterocycles. The van der Waals surface area contributed by atoms with Crippen molar-refractivity contribution in [2.24, 2.45) is 0 Å². The van der Waals surface area contributed by atoms with Gasteiger partial charge in [0.2, 0.25) is 0 Å². The average molecular weight is 387 g/mol. The molecule has 0 aliphatic carbocycles. The van der Waals surface area contributed by atoms with Crippen molar-refractivity contribution in [1.29, 1.82) is 0 Å². The fourth-order valence-electron chi connectivity index (χ4n) is 1.80. The predicted molar refractivity (Wildman–Crippen MR) is 98.8 cm³/mol. The molecule has 0 aliphatic heterocycles. The molecule has 0 spiro atoms. The van der Waals surface area contributed by atoms with Crippen LogP contribution >= 0.6 is 36.4 Å². The highest BCUT2D eigenvalue weighted by atomic mass is 35.5. The summed E-state index contributed by atoms with van der Waals surface area (Å²) in [5.74, 6) is 2.12. The number of halogens is 3. The molecule has 6 nitrogen and oxygen atoms in total. The molecule has 9 heteroatoms. The van der Waals surface area contributed by atoms with Crippen LogP contribution in [0.3, 0.4) is 0 Å². The van der Waals surface area contributed by atoms with Crippen LogP contribution < -0.4 is 10.1 Å². The van der Waals surface area contributed by atoms with Gasteiger partial charge >= 0.3 is 0 Å². The summed E-state index contributed by atoms with van der Waals surface area (Å²) in [5, 5.41) is 3.65. The Morgan fingerprint density at radius 2 is 1.83 bits per heavy atom. The maximum atomic E-state index is 5.83. The fourth-order valence-corrected chi connectivity index (χ4v) is 1.91. The van der Waals surface area contributed by atoms with Crippen molar-refractivity contribution in [3.05, 3.63) is 53.9 Å². The lowest BCUT2D eigenvalue weighted by atomic mass is 10.3. The first-order valence-corrected chi connectivity index (χ1v) is 6.85. The zero-order valence-electron chi connectivity index (χ0n) is 12.5. The summed E-state index contributed by atoms with van der Waals surface area (Å²) >= 11 is 5.83. The van der Waals surface area contributed by atoms with Crippen molar-refractivity contribution in [3.8, 4) is 17.3 Å². The van der Waals surface area contributed by atoms with E-state index < -0.39 is 0 Å². The van der Waals surface area contributed by atoms with E-state index in [2.05, 4.69) is 25.3 Å². The maximum Gasteiger partial charge on any atom is 0.180 e. The molecular formula is C15H14Cl3N5O. The topological polar surface area (TPSA) is 72.8 Å². The van der Waals surface area contributed by atoms with Crippen molar-refractivity contribution in [2.45, 2.75) is 0 Å². The van der Waals surface area contributed by atoms with Crippen LogP contribution in [-0.4, -0.2) is 27.0 Å². The molecule has 0 amide bonds. The molecular weight excluding hydrogens is 373 g/mol. The summed E-state index contributed by atoms with van der Waals surface area (Å²) < 4.78 is 5.27. The number of ether oxygens (including phenoxy) is 1. The van der Waals surface area contributed by atoms with Gasteiger partial charge in [0.05, 0.1) is 18.3 Å². The fraction of sp³-hybridized carbons (Fsp3) is 0.0667. The number of nitrogens with zero attached hydrogens (tertiary/aromatic N) is 4. The summed E-state index contributed by atoms with van der Waals surface area (Å²) in [6.45, 7) is 0. The molecule has 3 rings (SSSR count). The van der Waals surface area contributed by atoms with E-state index in [1.807, 2.05) is 18.2 Å². The molecule has 24 heavy (non-hydrogen) atoms. The summed E-state index contributed by atoms with van der Waals surface area (Å²) in [4.78, 5) is 17.1. The Morgan fingerprint density at radius 1 is 1.00 bits per heavy atom. The van der Waals surface area contributed by atoms with E-state index in [-0.39, 0.29) is 24.8 Å². The zero-order valence-corrected chi connectivity index (χ0v) is 14.9. The summed E-state index contributed by atoms with van der Waals surface area (Å²) in [7, 11) is 1.56. The Kier molecular flexibility index (Phi) is 7.64. The number of hydrogen-bond acceptors (Lipinski definition) is 6. The Bertz CT molecular complexity index is 772. The van der Waals surface area contributed by atoms with Crippen molar-refractivity contribution in [2.75, 3.05) is 12.4 Å². The monoisotopic (exact) mass is 385 g/mol. The molecule has 0 bridgehead atoms. The Balaban J connectivity index is 0.00000144. The van der Waals surface area contributed by atoms with E-state index >= 15 is 0 Å². The minimum atomic E-state index is 0. The zero-order chi connectivity index (χ0) is 15.4. The maximum absolute atomic E-state index is 5.83. The molecule has 126 valence electrons. The van der Waals surface area contributed by atoms with E-state index in [9.17, 15) is 0 Å². The lowest BCUT2D eigenvalue weighted by Gasteiger charge is -2.10. The molecule has 0 radical (unpaired) electrons. The van der Waals surface area contributed by atoms with E-state index in [0.717, 1.165) is 0 Å². The summed E-state index contributed by atoms with van der Waals surface area (Å²) in [6.07, 6.45) is 4.84. The van der Waals surface area contributed by atoms with E-state index in [0.29, 0.717) is 33.9 Å². The van der Waals surface area contributed by atoms with Crippen LogP contribution in [0, 0.1) is 0 Å². The first kappa shape index (κ1) is 19.9. The van der Waals surface area contributed by atoms with Gasteiger partial charge in [-0.2, -0.15) is 0 Å². The molecule has 3 heterocycles. The minimum Gasteiger partial charge on any atom is -0.491 e. The third kappa shape index (κ3) is 4.67. The SMILES string of the molecule is COc1cnc(-c2ccccn2)nc1Nc1ccc(Cl)cn1.Cl.Cl. The van der Waals surface area contributed by atoms with Gasteiger partial charge < -0.3 is 10.1 Å². The number of aromatic nitrogens is 4. The van der Waals surface area contributed by atoms with Crippen LogP contribution in [0.2, 0.25) is 5.02 Å². The van der Waals surface area contributed by atoms with Gasteiger partial charge in [0, 0.05) is 12.4 Å². The number of pyridine rings is 2. The van der Waals surface area contributed by atoms with E-state index in [1.54, 1.807) is 37.8 Å². The van der Waals surface area contributed by atoms with E-state index in [1.165, 1.54) is 0 Å². The van der Waals surface area contributed by atoms with Crippen LogP contribution in [0.5, 0.6) is 5.75 Å². The second-order valence-corrected chi connectivity index (χ2v) is 4.75. The van der Waals surface area contributed by atoms with Crippen LogP contribution in [-0.2, 0) is 0 Å². The standard InChI is InChI=1S/C15H12ClN5O.2ClH/c1-22-12-9-19-14(11-4-2-3-7-17-11)21-15(12)20-13-6-5-10(16)8-18-13;;/h2-9H,1H3,(H,18,19,20,21);2*1H. The smallest absolute Gasteiger partial charge is 0.180 e. The van der Waals surface area contributed by atoms with Crippen molar-refractivity contribution >= 4 is 48.1 Å². The third-order valence-electron chi connectivity index (χ3n) is 2.84. The highest BCUT2D eigenvalue weighted by Crippen LogP contribution is 2.26. The van der Waals surface area contributed by atoms with Gasteiger partial charge in [0.1, 0.15) is 11.5 Å². The first-order chi connectivity index (χ1) is 10.8. The number of hydrogen-bond donors (Lipinski definition) is 1. The lowest BCUT2D eigenvalue weighted by Crippen LogP contribution is -2.02. The third-order valence-corrected chi connectivity index (χ3v) is 3.07. The van der Waals surface area contributed by atoms with Crippen molar-refractivity contribution < 1.29 is 4.74 Å². The summed E-state index contributed by atoms with van der Waals surface area (Å²) in [5.41, 5.74) is 0.678. The second kappa shape index (κ2) is 9.22. The first-order valence-electron chi connectivity index (χ1n) is 6.47. The number of nitrogens with one attached hydrogen (secondary N) is 1. The van der Waals surface area contributed by atoms with Gasteiger partial charge in [0.25, 0.3) is 0 Å². The van der Waals surface area contributed by atoms with Gasteiger partial charge in [-0.25, -0.2) is 15.0 Å². The van der Waals surface area contributed by atoms with Crippen LogP contribution in [0.1, 0.15) is 0 Å². The molecule has 3 aromatic rings. The molecule has 0 atom stereocenters. The quantitative estimate of drug-likeness (QED) is 0.725. The van der Waals surface area contributed by atoms with Gasteiger partial charge in [0.15, 0.2) is 17.4 Å². The number of anilines is 2. The van der Waals surface area contributed by atoms with Gasteiger partial charge in [-0.1, -0.05) is 17.7 Å². The minimum absolute atomic E-state index is 0.